The number of ether oxygens (including phenoxy) is 1. The Morgan fingerprint density at radius 2 is 1.63 bits per heavy atom. The van der Waals surface area contributed by atoms with Crippen LogP contribution in [0.2, 0.25) is 5.02 Å². The molecule has 1 amide bonds. The zero-order valence-corrected chi connectivity index (χ0v) is 17.6. The fraction of sp³-hybridized carbons (Fsp3) is 0.261. The van der Waals surface area contributed by atoms with Gasteiger partial charge in [-0.1, -0.05) is 37.6 Å². The molecule has 0 aliphatic carbocycles. The van der Waals surface area contributed by atoms with Crippen LogP contribution in [0.5, 0.6) is 0 Å². The van der Waals surface area contributed by atoms with E-state index in [4.69, 9.17) is 16.3 Å². The van der Waals surface area contributed by atoms with Crippen LogP contribution < -0.4 is 0 Å². The van der Waals surface area contributed by atoms with Crippen LogP contribution in [0.1, 0.15) is 41.4 Å². The molecule has 1 N–H and O–H groups in total. The van der Waals surface area contributed by atoms with E-state index in [0.29, 0.717) is 28.3 Å². The molecule has 1 aliphatic rings. The molecule has 2 aromatic carbocycles. The van der Waals surface area contributed by atoms with Gasteiger partial charge in [0.2, 0.25) is 0 Å². The highest BCUT2D eigenvalue weighted by atomic mass is 35.5. The molecule has 0 spiro atoms. The molecule has 1 fully saturated rings. The second kappa shape index (κ2) is 8.71. The lowest BCUT2D eigenvalue weighted by molar-refractivity contribution is -0.140. The van der Waals surface area contributed by atoms with E-state index in [0.717, 1.165) is 0 Å². The summed E-state index contributed by atoms with van der Waals surface area (Å²) in [6.07, 6.45) is 0. The average molecular weight is 428 g/mol. The fourth-order valence-electron chi connectivity index (χ4n) is 3.49. The van der Waals surface area contributed by atoms with E-state index >= 15 is 0 Å². The molecule has 1 heterocycles. The standard InChI is InChI=1S/C23H22ClNO5/c1-13(2)12-25-19(14-4-6-16(7-5-14)23(29)30-3)18(21(27)22(25)28)20(26)15-8-10-17(24)11-9-15/h4-11,13,19,26H,12H2,1-3H3/b20-18-. The normalized spacial score (nSPS) is 18.2. The molecule has 2 aromatic rings. The summed E-state index contributed by atoms with van der Waals surface area (Å²) in [5.41, 5.74) is 1.35. The number of aliphatic hydroxyl groups excluding tert-OH is 1. The lowest BCUT2D eigenvalue weighted by Crippen LogP contribution is -2.33. The molecule has 0 saturated carbocycles. The Hall–Kier alpha value is -3.12. The monoisotopic (exact) mass is 427 g/mol. The minimum atomic E-state index is -0.769. The van der Waals surface area contributed by atoms with Gasteiger partial charge in [0.25, 0.3) is 11.7 Å². The third kappa shape index (κ3) is 4.09. The first-order chi connectivity index (χ1) is 14.2. The summed E-state index contributed by atoms with van der Waals surface area (Å²) in [6, 6.07) is 12.1. The number of amides is 1. The van der Waals surface area contributed by atoms with Gasteiger partial charge in [0.1, 0.15) is 5.76 Å². The molecule has 3 rings (SSSR count). The molecule has 1 unspecified atom stereocenters. The number of rotatable bonds is 5. The number of ketones is 1. The molecule has 6 nitrogen and oxygen atoms in total. The zero-order valence-electron chi connectivity index (χ0n) is 16.9. The number of methoxy groups -OCH3 is 1. The summed E-state index contributed by atoms with van der Waals surface area (Å²) < 4.78 is 4.72. The Labute approximate surface area is 179 Å². The van der Waals surface area contributed by atoms with E-state index < -0.39 is 23.7 Å². The van der Waals surface area contributed by atoms with Crippen molar-refractivity contribution in [1.82, 2.24) is 4.90 Å². The van der Waals surface area contributed by atoms with E-state index in [2.05, 4.69) is 0 Å². The molecule has 30 heavy (non-hydrogen) atoms. The van der Waals surface area contributed by atoms with Crippen molar-refractivity contribution in [2.45, 2.75) is 19.9 Å². The summed E-state index contributed by atoms with van der Waals surface area (Å²) in [7, 11) is 1.29. The smallest absolute Gasteiger partial charge is 0.337 e. The van der Waals surface area contributed by atoms with Crippen LogP contribution in [-0.2, 0) is 14.3 Å². The minimum absolute atomic E-state index is 0.00814. The molecule has 1 aliphatic heterocycles. The van der Waals surface area contributed by atoms with E-state index in [1.54, 1.807) is 48.5 Å². The van der Waals surface area contributed by atoms with Crippen LogP contribution in [0.4, 0.5) is 0 Å². The summed E-state index contributed by atoms with van der Waals surface area (Å²) in [6.45, 7) is 4.22. The van der Waals surface area contributed by atoms with Gasteiger partial charge in [-0.2, -0.15) is 0 Å². The van der Waals surface area contributed by atoms with Crippen molar-refractivity contribution >= 4 is 35.0 Å². The van der Waals surface area contributed by atoms with Gasteiger partial charge < -0.3 is 14.7 Å². The summed E-state index contributed by atoms with van der Waals surface area (Å²) in [4.78, 5) is 38.9. The summed E-state index contributed by atoms with van der Waals surface area (Å²) in [5.74, 6) is -2.06. The maximum Gasteiger partial charge on any atom is 0.337 e. The van der Waals surface area contributed by atoms with Gasteiger partial charge >= 0.3 is 5.97 Å². The van der Waals surface area contributed by atoms with E-state index in [-0.39, 0.29) is 17.3 Å². The molecule has 0 bridgehead atoms. The van der Waals surface area contributed by atoms with Gasteiger partial charge in [0, 0.05) is 17.1 Å². The highest BCUT2D eigenvalue weighted by Gasteiger charge is 2.46. The van der Waals surface area contributed by atoms with Gasteiger partial charge in [-0.25, -0.2) is 4.79 Å². The van der Waals surface area contributed by atoms with Crippen LogP contribution in [0.3, 0.4) is 0 Å². The molecule has 0 radical (unpaired) electrons. The largest absolute Gasteiger partial charge is 0.507 e. The number of benzene rings is 2. The molecule has 0 aromatic heterocycles. The minimum Gasteiger partial charge on any atom is -0.507 e. The predicted molar refractivity (Wildman–Crippen MR) is 113 cm³/mol. The van der Waals surface area contributed by atoms with Gasteiger partial charge in [0.15, 0.2) is 0 Å². The topological polar surface area (TPSA) is 83.9 Å². The number of carbonyl (C=O) groups is 3. The fourth-order valence-corrected chi connectivity index (χ4v) is 3.62. The van der Waals surface area contributed by atoms with Gasteiger partial charge in [-0.05, 0) is 47.9 Å². The first-order valence-electron chi connectivity index (χ1n) is 9.47. The average Bonchev–Trinajstić information content (AvgIpc) is 2.97. The third-order valence-corrected chi connectivity index (χ3v) is 5.12. The van der Waals surface area contributed by atoms with Crippen molar-refractivity contribution in [1.29, 1.82) is 0 Å². The van der Waals surface area contributed by atoms with Crippen LogP contribution in [-0.4, -0.2) is 41.3 Å². The maximum atomic E-state index is 12.9. The van der Waals surface area contributed by atoms with Gasteiger partial charge in [-0.15, -0.1) is 0 Å². The second-order valence-corrected chi connectivity index (χ2v) is 7.90. The molecule has 1 saturated heterocycles. The Morgan fingerprint density at radius 1 is 1.07 bits per heavy atom. The Kier molecular flexibility index (Phi) is 6.27. The number of carbonyl (C=O) groups excluding carboxylic acids is 3. The number of hydrogen-bond acceptors (Lipinski definition) is 5. The number of hydrogen-bond donors (Lipinski definition) is 1. The van der Waals surface area contributed by atoms with Gasteiger partial charge in [0.05, 0.1) is 24.3 Å². The number of esters is 1. The van der Waals surface area contributed by atoms with Crippen LogP contribution in [0.15, 0.2) is 54.1 Å². The highest BCUT2D eigenvalue weighted by molar-refractivity contribution is 6.46. The summed E-state index contributed by atoms with van der Waals surface area (Å²) >= 11 is 5.92. The van der Waals surface area contributed by atoms with Crippen molar-refractivity contribution in [3.63, 3.8) is 0 Å². The Bertz CT molecular complexity index is 1010. The Morgan fingerprint density at radius 3 is 2.17 bits per heavy atom. The van der Waals surface area contributed by atoms with E-state index in [9.17, 15) is 19.5 Å². The zero-order chi connectivity index (χ0) is 22.0. The molecular formula is C23H22ClNO5. The third-order valence-electron chi connectivity index (χ3n) is 4.87. The quantitative estimate of drug-likeness (QED) is 0.334. The van der Waals surface area contributed by atoms with Crippen molar-refractivity contribution in [2.75, 3.05) is 13.7 Å². The molecule has 7 heteroatoms. The maximum absolute atomic E-state index is 12.9. The SMILES string of the molecule is COC(=O)c1ccc(C2/C(=C(/O)c3ccc(Cl)cc3)C(=O)C(=O)N2CC(C)C)cc1. The summed E-state index contributed by atoms with van der Waals surface area (Å²) in [5, 5.41) is 11.4. The number of halogens is 1. The van der Waals surface area contributed by atoms with Crippen LogP contribution in [0.25, 0.3) is 5.76 Å². The van der Waals surface area contributed by atoms with Crippen molar-refractivity contribution in [3.8, 4) is 0 Å². The number of Topliss-reactive ketones (excluding diaryl/α,β-unsaturated/α-hetero) is 1. The highest BCUT2D eigenvalue weighted by Crippen LogP contribution is 2.40. The van der Waals surface area contributed by atoms with Crippen LogP contribution >= 0.6 is 11.6 Å². The molecule has 1 atom stereocenters. The lowest BCUT2D eigenvalue weighted by atomic mass is 9.94. The van der Waals surface area contributed by atoms with Crippen molar-refractivity contribution < 1.29 is 24.2 Å². The molecular weight excluding hydrogens is 406 g/mol. The van der Waals surface area contributed by atoms with E-state index in [1.807, 2.05) is 13.8 Å². The van der Waals surface area contributed by atoms with Crippen molar-refractivity contribution in [2.24, 2.45) is 5.92 Å². The Balaban J connectivity index is 2.14. The lowest BCUT2D eigenvalue weighted by Gasteiger charge is -2.27. The number of likely N-dealkylation sites (tertiary alicyclic amines) is 1. The molecule has 156 valence electrons. The van der Waals surface area contributed by atoms with E-state index in [1.165, 1.54) is 12.0 Å². The first-order valence-corrected chi connectivity index (χ1v) is 9.85. The van der Waals surface area contributed by atoms with Crippen LogP contribution in [0, 0.1) is 5.92 Å². The number of aliphatic hydroxyl groups is 1. The van der Waals surface area contributed by atoms with Gasteiger partial charge in [-0.3, -0.25) is 9.59 Å². The predicted octanol–water partition coefficient (Wildman–Crippen LogP) is 4.20. The number of nitrogens with zero attached hydrogens (tertiary/aromatic N) is 1. The second-order valence-electron chi connectivity index (χ2n) is 7.47. The first kappa shape index (κ1) is 21.6. The van der Waals surface area contributed by atoms with Crippen molar-refractivity contribution in [3.05, 3.63) is 75.8 Å².